The molecular weight excluding hydrogens is 388 g/mol. The number of phenolic OH excluding ortho intramolecular Hbond substituents is 1. The molecule has 0 saturated heterocycles. The van der Waals surface area contributed by atoms with E-state index < -0.39 is 0 Å². The molecule has 1 aliphatic carbocycles. The highest BCUT2D eigenvalue weighted by molar-refractivity contribution is 6.33. The summed E-state index contributed by atoms with van der Waals surface area (Å²) >= 11 is 6.40. The first-order chi connectivity index (χ1) is 13.7. The zero-order chi connectivity index (χ0) is 21.7. The van der Waals surface area contributed by atoms with E-state index in [1.165, 1.54) is 0 Å². The molecule has 3 atom stereocenters. The molecule has 2 rings (SSSR count). The summed E-state index contributed by atoms with van der Waals surface area (Å²) in [5.41, 5.74) is 2.22. The molecule has 1 fully saturated rings. The lowest BCUT2D eigenvalue weighted by Gasteiger charge is -2.31. The lowest BCUT2D eigenvalue weighted by Crippen LogP contribution is -2.30. The van der Waals surface area contributed by atoms with Crippen LogP contribution in [0.25, 0.3) is 0 Å². The smallest absolute Gasteiger partial charge is 0.154 e. The molecule has 0 spiro atoms. The van der Waals surface area contributed by atoms with E-state index in [0.717, 1.165) is 12.0 Å². The number of rotatable bonds is 7. The quantitative estimate of drug-likeness (QED) is 0.444. The maximum atomic E-state index is 12.0. The highest BCUT2D eigenvalue weighted by atomic mass is 35.5. The first-order valence-electron chi connectivity index (χ1n) is 10.2. The third kappa shape index (κ3) is 5.11. The predicted molar refractivity (Wildman–Crippen MR) is 117 cm³/mol. The summed E-state index contributed by atoms with van der Waals surface area (Å²) in [6.45, 7) is 10.1. The highest BCUT2D eigenvalue weighted by Gasteiger charge is 2.31. The lowest BCUT2D eigenvalue weighted by molar-refractivity contribution is -0.126. The van der Waals surface area contributed by atoms with Crippen LogP contribution in [0, 0.1) is 24.7 Å². The predicted octanol–water partition coefficient (Wildman–Crippen LogP) is 5.86. The number of ether oxygens (including phenoxy) is 1. The van der Waals surface area contributed by atoms with Gasteiger partial charge in [-0.05, 0) is 51.0 Å². The van der Waals surface area contributed by atoms with Crippen LogP contribution in [-0.2, 0) is 11.2 Å². The molecule has 158 valence electrons. The van der Waals surface area contributed by atoms with Gasteiger partial charge >= 0.3 is 0 Å². The van der Waals surface area contributed by atoms with Crippen molar-refractivity contribution in [2.24, 2.45) is 17.8 Å². The molecule has 0 heterocycles. The molecule has 1 aliphatic rings. The number of hydrogen-bond donors (Lipinski definition) is 1. The maximum absolute atomic E-state index is 12.0. The van der Waals surface area contributed by atoms with Crippen molar-refractivity contribution in [3.63, 3.8) is 0 Å². The number of allylic oxidation sites excluding steroid dienone is 4. The topological polar surface area (TPSA) is 63.6 Å². The highest BCUT2D eigenvalue weighted by Crippen LogP contribution is 2.41. The molecule has 4 nitrogen and oxygen atoms in total. The van der Waals surface area contributed by atoms with Crippen molar-refractivity contribution < 1.29 is 19.4 Å². The Bertz CT molecular complexity index is 838. The van der Waals surface area contributed by atoms with Gasteiger partial charge in [0.05, 0.1) is 17.2 Å². The fourth-order valence-corrected chi connectivity index (χ4v) is 4.22. The van der Waals surface area contributed by atoms with Gasteiger partial charge in [0.15, 0.2) is 6.29 Å². The van der Waals surface area contributed by atoms with Crippen LogP contribution in [0.5, 0.6) is 11.5 Å². The van der Waals surface area contributed by atoms with Gasteiger partial charge in [-0.3, -0.25) is 9.59 Å². The molecule has 1 N–H and O–H groups in total. The Labute approximate surface area is 178 Å². The second kappa shape index (κ2) is 10.1. The minimum Gasteiger partial charge on any atom is -0.507 e. The fourth-order valence-electron chi connectivity index (χ4n) is 3.94. The Kier molecular flexibility index (Phi) is 8.09. The number of Topliss-reactive ketones (excluding diaryl/α,β-unsaturated/α-hetero) is 1. The Morgan fingerprint density at radius 1 is 1.34 bits per heavy atom. The van der Waals surface area contributed by atoms with Gasteiger partial charge in [-0.1, -0.05) is 49.2 Å². The molecule has 0 bridgehead atoms. The summed E-state index contributed by atoms with van der Waals surface area (Å²) in [7, 11) is 0. The van der Waals surface area contributed by atoms with Crippen molar-refractivity contribution in [2.75, 3.05) is 6.61 Å². The average Bonchev–Trinajstić information content (AvgIpc) is 2.69. The van der Waals surface area contributed by atoms with Crippen molar-refractivity contribution in [3.05, 3.63) is 45.5 Å². The number of ketones is 1. The van der Waals surface area contributed by atoms with E-state index in [1.807, 2.05) is 32.9 Å². The van der Waals surface area contributed by atoms with Gasteiger partial charge in [0.2, 0.25) is 0 Å². The molecule has 1 aromatic carbocycles. The van der Waals surface area contributed by atoms with Crippen LogP contribution in [0.4, 0.5) is 0 Å². The number of halogens is 1. The van der Waals surface area contributed by atoms with Gasteiger partial charge in [-0.15, -0.1) is 0 Å². The van der Waals surface area contributed by atoms with E-state index in [1.54, 1.807) is 6.92 Å². The summed E-state index contributed by atoms with van der Waals surface area (Å²) < 4.78 is 5.66. The lowest BCUT2D eigenvalue weighted by atomic mass is 9.72. The normalized spacial score (nSPS) is 22.9. The summed E-state index contributed by atoms with van der Waals surface area (Å²) in [6, 6.07) is 0. The third-order valence-corrected chi connectivity index (χ3v) is 6.41. The van der Waals surface area contributed by atoms with Gasteiger partial charge < -0.3 is 9.84 Å². The Hall–Kier alpha value is -2.07. The van der Waals surface area contributed by atoms with E-state index in [-0.39, 0.29) is 23.1 Å². The average molecular weight is 419 g/mol. The van der Waals surface area contributed by atoms with Gasteiger partial charge in [-0.2, -0.15) is 0 Å². The summed E-state index contributed by atoms with van der Waals surface area (Å²) in [4.78, 5) is 23.4. The molecule has 1 aromatic rings. The van der Waals surface area contributed by atoms with Gasteiger partial charge in [0, 0.05) is 17.9 Å². The van der Waals surface area contributed by atoms with Gasteiger partial charge in [0.25, 0.3) is 0 Å². The van der Waals surface area contributed by atoms with Crippen LogP contribution in [0.1, 0.15) is 62.0 Å². The molecule has 0 aliphatic heterocycles. The van der Waals surface area contributed by atoms with Gasteiger partial charge in [0.1, 0.15) is 17.3 Å². The Morgan fingerprint density at radius 3 is 2.66 bits per heavy atom. The van der Waals surface area contributed by atoms with Crippen LogP contribution in [0.3, 0.4) is 0 Å². The standard InChI is InChI=1S/C24H31ClO4/c1-6-29-24-19(23(28)20(13-26)17(5)22(24)25)11-8-14(2)7-10-18-15(3)9-12-21(27)16(18)4/h7-8,10,13,15-16,18,28H,6,9,11-12H2,1-5H3/b10-7+,14-8-. The SMILES string of the molecule is CCOc1c(Cl)c(C)c(C=O)c(O)c1C/C=C(C)\C=C\C1C(C)CCC(=O)C1C. The van der Waals surface area contributed by atoms with E-state index >= 15 is 0 Å². The molecule has 0 aromatic heterocycles. The zero-order valence-electron chi connectivity index (χ0n) is 17.9. The molecule has 0 amide bonds. The fraction of sp³-hybridized carbons (Fsp3) is 0.500. The number of benzene rings is 1. The Balaban J connectivity index is 2.29. The summed E-state index contributed by atoms with van der Waals surface area (Å²) in [5.74, 6) is 1.43. The number of aromatic hydroxyl groups is 1. The van der Waals surface area contributed by atoms with Gasteiger partial charge in [-0.25, -0.2) is 0 Å². The van der Waals surface area contributed by atoms with Crippen LogP contribution >= 0.6 is 11.6 Å². The number of phenols is 1. The number of carbonyl (C=O) groups excluding carboxylic acids is 2. The first-order valence-corrected chi connectivity index (χ1v) is 10.6. The second-order valence-electron chi connectivity index (χ2n) is 7.92. The van der Waals surface area contributed by atoms with Crippen molar-refractivity contribution in [1.29, 1.82) is 0 Å². The van der Waals surface area contributed by atoms with Crippen molar-refractivity contribution in [3.8, 4) is 11.5 Å². The molecular formula is C24H31ClO4. The van der Waals surface area contributed by atoms with E-state index in [0.29, 0.717) is 59.3 Å². The van der Waals surface area contributed by atoms with Crippen LogP contribution in [-0.4, -0.2) is 23.8 Å². The Morgan fingerprint density at radius 2 is 2.03 bits per heavy atom. The maximum Gasteiger partial charge on any atom is 0.154 e. The minimum absolute atomic E-state index is 0.0439. The number of hydrogen-bond acceptors (Lipinski definition) is 4. The van der Waals surface area contributed by atoms with Crippen molar-refractivity contribution in [2.45, 2.75) is 53.9 Å². The van der Waals surface area contributed by atoms with Crippen molar-refractivity contribution >= 4 is 23.7 Å². The molecule has 3 unspecified atom stereocenters. The van der Waals surface area contributed by atoms with Crippen molar-refractivity contribution in [1.82, 2.24) is 0 Å². The molecule has 5 heteroatoms. The molecule has 1 saturated carbocycles. The monoisotopic (exact) mass is 418 g/mol. The van der Waals surface area contributed by atoms with E-state index in [2.05, 4.69) is 13.0 Å². The zero-order valence-corrected chi connectivity index (χ0v) is 18.7. The molecule has 0 radical (unpaired) electrons. The summed E-state index contributed by atoms with van der Waals surface area (Å²) in [6.07, 6.45) is 8.73. The second-order valence-corrected chi connectivity index (χ2v) is 8.30. The minimum atomic E-state index is -0.0847. The number of aldehydes is 1. The van der Waals surface area contributed by atoms with Crippen LogP contribution < -0.4 is 4.74 Å². The third-order valence-electron chi connectivity index (χ3n) is 5.95. The van der Waals surface area contributed by atoms with E-state index in [4.69, 9.17) is 16.3 Å². The molecule has 29 heavy (non-hydrogen) atoms. The van der Waals surface area contributed by atoms with Crippen LogP contribution in [0.15, 0.2) is 23.8 Å². The largest absolute Gasteiger partial charge is 0.507 e. The first kappa shape index (κ1) is 23.2. The van der Waals surface area contributed by atoms with E-state index in [9.17, 15) is 14.7 Å². The number of carbonyl (C=O) groups is 2. The van der Waals surface area contributed by atoms with Crippen LogP contribution in [0.2, 0.25) is 5.02 Å². The summed E-state index contributed by atoms with van der Waals surface area (Å²) in [5, 5.41) is 10.9.